The van der Waals surface area contributed by atoms with Crippen LogP contribution in [-0.4, -0.2) is 22.4 Å². The van der Waals surface area contributed by atoms with Crippen LogP contribution in [0.15, 0.2) is 36.7 Å². The molecule has 0 aliphatic heterocycles. The molecule has 0 radical (unpaired) electrons. The molecule has 2 rings (SSSR count). The molecule has 0 aliphatic carbocycles. The lowest BCUT2D eigenvalue weighted by Crippen LogP contribution is -2.04. The zero-order valence-electron chi connectivity index (χ0n) is 10.5. The van der Waals surface area contributed by atoms with Crippen molar-refractivity contribution < 1.29 is 9.53 Å². The zero-order chi connectivity index (χ0) is 13.7. The number of ether oxygens (including phenoxy) is 1. The van der Waals surface area contributed by atoms with Crippen LogP contribution >= 0.6 is 0 Å². The van der Waals surface area contributed by atoms with Gasteiger partial charge in [-0.05, 0) is 24.6 Å². The second kappa shape index (κ2) is 5.83. The normalized spacial score (nSPS) is 9.89. The molecule has 0 N–H and O–H groups in total. The van der Waals surface area contributed by atoms with Crippen LogP contribution in [0.4, 0.5) is 0 Å². The largest absolute Gasteiger partial charge is 0.462 e. The van der Waals surface area contributed by atoms with Gasteiger partial charge in [-0.3, -0.25) is 4.68 Å². The Morgan fingerprint density at radius 2 is 2.37 bits per heavy atom. The number of nitriles is 1. The summed E-state index contributed by atoms with van der Waals surface area (Å²) in [5, 5.41) is 12.9. The monoisotopic (exact) mass is 255 g/mol. The lowest BCUT2D eigenvalue weighted by Gasteiger charge is -2.02. The number of benzene rings is 1. The standard InChI is InChI=1S/C14H13N3O2/c1-2-19-14(18)13-8-16-17(10-13)9-12-5-3-4-11(6-12)7-15/h3-6,8,10H,2,9H2,1H3. The van der Waals surface area contributed by atoms with E-state index in [9.17, 15) is 4.79 Å². The molecule has 2 aromatic rings. The van der Waals surface area contributed by atoms with Gasteiger partial charge in [0.1, 0.15) is 0 Å². The SMILES string of the molecule is CCOC(=O)c1cnn(Cc2cccc(C#N)c2)c1. The van der Waals surface area contributed by atoms with Crippen molar-refractivity contribution in [3.05, 3.63) is 53.3 Å². The molecule has 0 atom stereocenters. The third-order valence-electron chi connectivity index (χ3n) is 2.55. The minimum Gasteiger partial charge on any atom is -0.462 e. The summed E-state index contributed by atoms with van der Waals surface area (Å²) in [4.78, 5) is 11.5. The third-order valence-corrected chi connectivity index (χ3v) is 2.55. The first-order valence-electron chi connectivity index (χ1n) is 5.91. The van der Waals surface area contributed by atoms with Crippen LogP contribution in [0.5, 0.6) is 0 Å². The van der Waals surface area contributed by atoms with E-state index < -0.39 is 0 Å². The van der Waals surface area contributed by atoms with Crippen molar-refractivity contribution in [2.75, 3.05) is 6.61 Å². The third kappa shape index (κ3) is 3.19. The molecule has 0 amide bonds. The molecule has 0 spiro atoms. The van der Waals surface area contributed by atoms with Crippen molar-refractivity contribution in [3.8, 4) is 6.07 Å². The lowest BCUT2D eigenvalue weighted by atomic mass is 10.1. The number of carbonyl (C=O) groups excluding carboxylic acids is 1. The van der Waals surface area contributed by atoms with Gasteiger partial charge in [0.15, 0.2) is 0 Å². The first kappa shape index (κ1) is 12.8. The first-order chi connectivity index (χ1) is 9.22. The van der Waals surface area contributed by atoms with Crippen molar-refractivity contribution in [2.24, 2.45) is 0 Å². The van der Waals surface area contributed by atoms with E-state index in [4.69, 9.17) is 10.00 Å². The number of hydrogen-bond donors (Lipinski definition) is 0. The molecule has 0 bridgehead atoms. The van der Waals surface area contributed by atoms with Crippen LogP contribution in [0.1, 0.15) is 28.4 Å². The average Bonchev–Trinajstić information content (AvgIpc) is 2.88. The van der Waals surface area contributed by atoms with E-state index >= 15 is 0 Å². The molecule has 19 heavy (non-hydrogen) atoms. The van der Waals surface area contributed by atoms with Crippen LogP contribution in [0.3, 0.4) is 0 Å². The molecule has 1 aromatic heterocycles. The molecule has 96 valence electrons. The van der Waals surface area contributed by atoms with Gasteiger partial charge >= 0.3 is 5.97 Å². The highest BCUT2D eigenvalue weighted by Crippen LogP contribution is 2.07. The van der Waals surface area contributed by atoms with Gasteiger partial charge in [-0.25, -0.2) is 4.79 Å². The highest BCUT2D eigenvalue weighted by atomic mass is 16.5. The van der Waals surface area contributed by atoms with E-state index in [-0.39, 0.29) is 5.97 Å². The van der Waals surface area contributed by atoms with E-state index in [0.717, 1.165) is 5.56 Å². The van der Waals surface area contributed by atoms with Crippen LogP contribution in [0.25, 0.3) is 0 Å². The van der Waals surface area contributed by atoms with Crippen LogP contribution in [-0.2, 0) is 11.3 Å². The van der Waals surface area contributed by atoms with Gasteiger partial charge in [0.2, 0.25) is 0 Å². The summed E-state index contributed by atoms with van der Waals surface area (Å²) in [5.74, 6) is -0.375. The van der Waals surface area contributed by atoms with Gasteiger partial charge in [-0.2, -0.15) is 10.4 Å². The maximum absolute atomic E-state index is 11.5. The fraction of sp³-hybridized carbons (Fsp3) is 0.214. The summed E-state index contributed by atoms with van der Waals surface area (Å²) in [6.07, 6.45) is 3.11. The van der Waals surface area contributed by atoms with E-state index in [1.807, 2.05) is 12.1 Å². The Morgan fingerprint density at radius 3 is 3.11 bits per heavy atom. The van der Waals surface area contributed by atoms with Gasteiger partial charge < -0.3 is 4.74 Å². The van der Waals surface area contributed by atoms with E-state index in [1.165, 1.54) is 6.20 Å². The molecule has 0 saturated heterocycles. The van der Waals surface area contributed by atoms with E-state index in [1.54, 1.807) is 29.9 Å². The van der Waals surface area contributed by atoms with Gasteiger partial charge in [0.05, 0.1) is 36.5 Å². The zero-order valence-corrected chi connectivity index (χ0v) is 10.5. The first-order valence-corrected chi connectivity index (χ1v) is 5.91. The predicted molar refractivity (Wildman–Crippen MR) is 68.4 cm³/mol. The number of aromatic nitrogens is 2. The number of hydrogen-bond acceptors (Lipinski definition) is 4. The maximum Gasteiger partial charge on any atom is 0.341 e. The van der Waals surface area contributed by atoms with Gasteiger partial charge in [-0.1, -0.05) is 12.1 Å². The Kier molecular flexibility index (Phi) is 3.94. The Hall–Kier alpha value is -2.61. The van der Waals surface area contributed by atoms with Crippen molar-refractivity contribution in [3.63, 3.8) is 0 Å². The molecule has 0 aliphatic rings. The van der Waals surface area contributed by atoms with Gasteiger partial charge in [0, 0.05) is 6.20 Å². The minimum atomic E-state index is -0.375. The average molecular weight is 255 g/mol. The summed E-state index contributed by atoms with van der Waals surface area (Å²) in [5.41, 5.74) is 1.99. The van der Waals surface area contributed by atoms with Crippen molar-refractivity contribution >= 4 is 5.97 Å². The Morgan fingerprint density at radius 1 is 1.53 bits per heavy atom. The van der Waals surface area contributed by atoms with E-state index in [0.29, 0.717) is 24.3 Å². The molecule has 5 heteroatoms. The van der Waals surface area contributed by atoms with Crippen LogP contribution < -0.4 is 0 Å². The second-order valence-corrected chi connectivity index (χ2v) is 3.96. The molecular formula is C14H13N3O2. The van der Waals surface area contributed by atoms with Gasteiger partial charge in [0.25, 0.3) is 0 Å². The fourth-order valence-electron chi connectivity index (χ4n) is 1.70. The molecule has 0 fully saturated rings. The highest BCUT2D eigenvalue weighted by molar-refractivity contribution is 5.88. The topological polar surface area (TPSA) is 67.9 Å². The number of esters is 1. The fourth-order valence-corrected chi connectivity index (χ4v) is 1.70. The molecule has 1 aromatic carbocycles. The lowest BCUT2D eigenvalue weighted by molar-refractivity contribution is 0.0526. The molecule has 5 nitrogen and oxygen atoms in total. The van der Waals surface area contributed by atoms with Crippen LogP contribution in [0, 0.1) is 11.3 Å². The summed E-state index contributed by atoms with van der Waals surface area (Å²) in [6.45, 7) is 2.61. The van der Waals surface area contributed by atoms with Crippen molar-refractivity contribution in [1.29, 1.82) is 5.26 Å². The molecular weight excluding hydrogens is 242 g/mol. The Balaban J connectivity index is 2.11. The molecule has 1 heterocycles. The second-order valence-electron chi connectivity index (χ2n) is 3.96. The highest BCUT2D eigenvalue weighted by Gasteiger charge is 2.09. The number of carbonyl (C=O) groups is 1. The minimum absolute atomic E-state index is 0.341. The van der Waals surface area contributed by atoms with Crippen LogP contribution in [0.2, 0.25) is 0 Å². The Labute approximate surface area is 111 Å². The maximum atomic E-state index is 11.5. The quantitative estimate of drug-likeness (QED) is 0.783. The summed E-state index contributed by atoms with van der Waals surface area (Å²) in [6, 6.07) is 9.37. The molecule has 0 saturated carbocycles. The predicted octanol–water partition coefficient (Wildman–Crippen LogP) is 1.98. The number of rotatable bonds is 4. The number of nitrogens with zero attached hydrogens (tertiary/aromatic N) is 3. The summed E-state index contributed by atoms with van der Waals surface area (Å²) >= 11 is 0. The van der Waals surface area contributed by atoms with Crippen molar-refractivity contribution in [2.45, 2.75) is 13.5 Å². The van der Waals surface area contributed by atoms with Gasteiger partial charge in [-0.15, -0.1) is 0 Å². The summed E-state index contributed by atoms with van der Waals surface area (Å²) in [7, 11) is 0. The Bertz CT molecular complexity index is 626. The summed E-state index contributed by atoms with van der Waals surface area (Å²) < 4.78 is 6.53. The van der Waals surface area contributed by atoms with E-state index in [2.05, 4.69) is 11.2 Å². The smallest absolute Gasteiger partial charge is 0.341 e. The molecule has 0 unspecified atom stereocenters. The van der Waals surface area contributed by atoms with Crippen molar-refractivity contribution in [1.82, 2.24) is 9.78 Å².